The number of carbonyl (C=O) groups is 1. The predicted octanol–water partition coefficient (Wildman–Crippen LogP) is 5.05. The number of carbonyl (C=O) groups excluding carboxylic acids is 1. The summed E-state index contributed by atoms with van der Waals surface area (Å²) in [6.07, 6.45) is -5.44. The summed E-state index contributed by atoms with van der Waals surface area (Å²) in [4.78, 5) is 13.4. The molecule has 0 aromatic heterocycles. The number of hydrogen-bond acceptors (Lipinski definition) is 3. The quantitative estimate of drug-likeness (QED) is 0.277. The van der Waals surface area contributed by atoms with Crippen LogP contribution >= 0.6 is 0 Å². The molecule has 4 rings (SSSR count). The number of quaternary nitrogens is 1. The Balaban J connectivity index is 1.75. The highest BCUT2D eigenvalue weighted by molar-refractivity contribution is 5.85. The van der Waals surface area contributed by atoms with Crippen LogP contribution in [0.2, 0.25) is 0 Å². The van der Waals surface area contributed by atoms with Crippen LogP contribution in [0.5, 0.6) is 0 Å². The normalized spacial score (nSPS) is 23.9. The van der Waals surface area contributed by atoms with E-state index in [0.717, 1.165) is 36.4 Å². The molecular weight excluding hydrogens is 476 g/mol. The van der Waals surface area contributed by atoms with E-state index in [1.54, 1.807) is 0 Å². The Bertz CT molecular complexity index is 1080. The monoisotopic (exact) mass is 500 g/mol. The number of nitrogens with zero attached hydrogens (tertiary/aromatic N) is 1. The van der Waals surface area contributed by atoms with E-state index in [0.29, 0.717) is 29.5 Å². The van der Waals surface area contributed by atoms with Gasteiger partial charge in [0.25, 0.3) is 0 Å². The Kier molecular flexibility index (Phi) is 6.04. The number of benzene rings is 2. The topological polar surface area (TPSA) is 46.5 Å². The lowest BCUT2D eigenvalue weighted by molar-refractivity contribution is -0.926. The number of hydrogen-bond donors (Lipinski definition) is 1. The average molecular weight is 500 g/mol. The van der Waals surface area contributed by atoms with Crippen molar-refractivity contribution in [1.29, 1.82) is 0 Å². The minimum Gasteiger partial charge on any atom is -0.459 e. The molecule has 10 heteroatoms. The molecular formula is C25H24F6NO3+. The van der Waals surface area contributed by atoms with Gasteiger partial charge in [0.05, 0.1) is 25.2 Å². The maximum atomic E-state index is 13.4. The van der Waals surface area contributed by atoms with Crippen LogP contribution in [0.3, 0.4) is 0 Å². The number of ether oxygens (including phenoxy) is 1. The fourth-order valence-electron chi connectivity index (χ4n) is 4.86. The summed E-state index contributed by atoms with van der Waals surface area (Å²) in [5.74, 6) is -1.33. The number of esters is 1. The summed E-state index contributed by atoms with van der Waals surface area (Å²) >= 11 is 0. The number of aliphatic hydroxyl groups is 1. The van der Waals surface area contributed by atoms with Crippen molar-refractivity contribution in [1.82, 2.24) is 0 Å². The van der Waals surface area contributed by atoms with Gasteiger partial charge in [-0.25, -0.2) is 4.79 Å². The first-order chi connectivity index (χ1) is 16.1. The van der Waals surface area contributed by atoms with Crippen LogP contribution in [0.25, 0.3) is 0 Å². The van der Waals surface area contributed by atoms with Gasteiger partial charge in [0.15, 0.2) is 0 Å². The summed E-state index contributed by atoms with van der Waals surface area (Å²) in [7, 11) is 4.05. The summed E-state index contributed by atoms with van der Waals surface area (Å²) in [6.45, 7) is 0. The van der Waals surface area contributed by atoms with Crippen molar-refractivity contribution in [3.63, 3.8) is 0 Å². The molecule has 0 radical (unpaired) electrons. The highest BCUT2D eigenvalue weighted by Gasteiger charge is 2.50. The summed E-state index contributed by atoms with van der Waals surface area (Å²) in [6, 6.07) is 6.72. The van der Waals surface area contributed by atoms with Crippen LogP contribution in [-0.4, -0.2) is 47.8 Å². The molecule has 2 aromatic carbocycles. The Morgan fingerprint density at radius 2 is 1.23 bits per heavy atom. The van der Waals surface area contributed by atoms with Crippen molar-refractivity contribution >= 4 is 5.97 Å². The van der Waals surface area contributed by atoms with Crippen molar-refractivity contribution in [2.24, 2.45) is 0 Å². The zero-order valence-corrected chi connectivity index (χ0v) is 18.9. The second-order valence-electron chi connectivity index (χ2n) is 9.51. The first-order valence-electron chi connectivity index (χ1n) is 10.9. The molecule has 1 N–H and O–H groups in total. The Hall–Kier alpha value is -2.85. The van der Waals surface area contributed by atoms with Crippen molar-refractivity contribution in [3.05, 3.63) is 82.9 Å². The zero-order valence-electron chi connectivity index (χ0n) is 18.9. The second kappa shape index (κ2) is 8.37. The van der Waals surface area contributed by atoms with Crippen LogP contribution < -0.4 is 0 Å². The molecule has 0 saturated carbocycles. The standard InChI is InChI=1S/C25H24F6NO3/c1-32(2)19-9-10-20(32)14-21(13-19)35-22(33)23(34,15-5-3-7-17(11-15)24(26,27)28)16-6-4-8-18(12-16)25(29,30)31/h3-12,19-21,34H,13-14H2,1-2H3/q+1. The summed E-state index contributed by atoms with van der Waals surface area (Å²) in [5, 5.41) is 11.6. The van der Waals surface area contributed by atoms with Gasteiger partial charge in [-0.1, -0.05) is 24.3 Å². The zero-order chi connectivity index (χ0) is 25.8. The third-order valence-corrected chi connectivity index (χ3v) is 7.06. The number of alkyl halides is 6. The highest BCUT2D eigenvalue weighted by Crippen LogP contribution is 2.41. The maximum absolute atomic E-state index is 13.4. The number of fused-ring (bicyclic) bond motifs is 2. The van der Waals surface area contributed by atoms with Crippen molar-refractivity contribution in [2.75, 3.05) is 14.1 Å². The number of rotatable bonds is 4. The fraction of sp³-hybridized carbons (Fsp3) is 0.400. The summed E-state index contributed by atoms with van der Waals surface area (Å²) < 4.78 is 86.4. The predicted molar refractivity (Wildman–Crippen MR) is 114 cm³/mol. The van der Waals surface area contributed by atoms with Gasteiger partial charge in [0, 0.05) is 24.0 Å². The average Bonchev–Trinajstić information content (AvgIpc) is 2.93. The molecule has 1 fully saturated rings. The second-order valence-corrected chi connectivity index (χ2v) is 9.51. The Labute approximate surface area is 198 Å². The van der Waals surface area contributed by atoms with Gasteiger partial charge in [-0.2, -0.15) is 26.3 Å². The van der Waals surface area contributed by atoms with Gasteiger partial charge in [-0.3, -0.25) is 0 Å². The molecule has 2 heterocycles. The van der Waals surface area contributed by atoms with E-state index in [4.69, 9.17) is 4.74 Å². The lowest BCUT2D eigenvalue weighted by atomic mass is 9.84. The van der Waals surface area contributed by atoms with Gasteiger partial charge in [-0.15, -0.1) is 0 Å². The molecule has 2 aliphatic rings. The molecule has 0 spiro atoms. The van der Waals surface area contributed by atoms with Gasteiger partial charge in [0.2, 0.25) is 5.60 Å². The van der Waals surface area contributed by atoms with Crippen LogP contribution in [0.15, 0.2) is 60.7 Å². The van der Waals surface area contributed by atoms with Gasteiger partial charge in [-0.05, 0) is 36.4 Å². The molecule has 188 valence electrons. The van der Waals surface area contributed by atoms with E-state index in [-0.39, 0.29) is 12.1 Å². The van der Waals surface area contributed by atoms with Crippen LogP contribution in [0.4, 0.5) is 26.3 Å². The number of piperidine rings is 1. The third kappa shape index (κ3) is 4.56. The van der Waals surface area contributed by atoms with Crippen molar-refractivity contribution in [2.45, 2.75) is 49.0 Å². The molecule has 2 aliphatic heterocycles. The minimum absolute atomic E-state index is 0.0294. The maximum Gasteiger partial charge on any atom is 0.416 e. The first-order valence-corrected chi connectivity index (χ1v) is 10.9. The van der Waals surface area contributed by atoms with E-state index in [9.17, 15) is 36.2 Å². The van der Waals surface area contributed by atoms with E-state index in [2.05, 4.69) is 0 Å². The third-order valence-electron chi connectivity index (χ3n) is 7.06. The van der Waals surface area contributed by atoms with E-state index < -0.39 is 52.3 Å². The van der Waals surface area contributed by atoms with Gasteiger partial charge in [0.1, 0.15) is 18.2 Å². The fourth-order valence-corrected chi connectivity index (χ4v) is 4.86. The molecule has 1 saturated heterocycles. The Morgan fingerprint density at radius 3 is 1.63 bits per heavy atom. The number of halogens is 6. The molecule has 0 amide bonds. The first kappa shape index (κ1) is 25.2. The van der Waals surface area contributed by atoms with Crippen LogP contribution in [0.1, 0.15) is 35.1 Å². The van der Waals surface area contributed by atoms with Crippen LogP contribution in [0, 0.1) is 0 Å². The summed E-state index contributed by atoms with van der Waals surface area (Å²) in [5.41, 5.74) is -6.29. The molecule has 2 atom stereocenters. The van der Waals surface area contributed by atoms with Crippen molar-refractivity contribution < 1.29 is 45.5 Å². The molecule has 2 bridgehead atoms. The molecule has 2 aromatic rings. The lowest BCUT2D eigenvalue weighted by Gasteiger charge is -2.44. The smallest absolute Gasteiger partial charge is 0.416 e. The van der Waals surface area contributed by atoms with E-state index >= 15 is 0 Å². The van der Waals surface area contributed by atoms with E-state index in [1.165, 1.54) is 0 Å². The lowest BCUT2D eigenvalue weighted by Crippen LogP contribution is -2.57. The Morgan fingerprint density at radius 1 is 0.829 bits per heavy atom. The molecule has 2 unspecified atom stereocenters. The molecule has 0 aliphatic carbocycles. The largest absolute Gasteiger partial charge is 0.459 e. The minimum atomic E-state index is -4.80. The SMILES string of the molecule is C[N+]1(C)C2C=CC1CC(OC(=O)C(O)(c1cccc(C(F)(F)F)c1)c1cccc(C(F)(F)F)c1)C2. The van der Waals surface area contributed by atoms with Crippen LogP contribution in [-0.2, 0) is 27.5 Å². The van der Waals surface area contributed by atoms with E-state index in [1.807, 2.05) is 26.2 Å². The highest BCUT2D eigenvalue weighted by atomic mass is 19.4. The number of likely N-dealkylation sites (N-methyl/N-ethyl adjacent to an activating group) is 1. The molecule has 4 nitrogen and oxygen atoms in total. The van der Waals surface area contributed by atoms with Crippen molar-refractivity contribution in [3.8, 4) is 0 Å². The molecule has 35 heavy (non-hydrogen) atoms. The van der Waals surface area contributed by atoms with Gasteiger partial charge >= 0.3 is 18.3 Å². The van der Waals surface area contributed by atoms with Gasteiger partial charge < -0.3 is 14.3 Å².